The molecule has 0 aliphatic carbocycles. The van der Waals surface area contributed by atoms with Crippen molar-refractivity contribution in [2.75, 3.05) is 0 Å². The quantitative estimate of drug-likeness (QED) is 0.499. The van der Waals surface area contributed by atoms with Crippen LogP contribution >= 0.6 is 0 Å². The van der Waals surface area contributed by atoms with Crippen LogP contribution in [0.3, 0.4) is 0 Å². The fraction of sp³-hybridized carbons (Fsp3) is 0. The highest BCUT2D eigenvalue weighted by atomic mass is 16.6. The van der Waals surface area contributed by atoms with E-state index >= 15 is 0 Å². The van der Waals surface area contributed by atoms with Crippen molar-refractivity contribution < 1.29 is 9.66 Å². The summed E-state index contributed by atoms with van der Waals surface area (Å²) in [5.41, 5.74) is 1.94. The molecular formula is C18H13NO3. The third kappa shape index (κ3) is 3.12. The van der Waals surface area contributed by atoms with Crippen LogP contribution in [0.4, 0.5) is 5.69 Å². The molecule has 0 radical (unpaired) electrons. The number of benzene rings is 3. The van der Waals surface area contributed by atoms with Crippen molar-refractivity contribution in [1.29, 1.82) is 0 Å². The van der Waals surface area contributed by atoms with Gasteiger partial charge in [-0.15, -0.1) is 0 Å². The Morgan fingerprint density at radius 2 is 1.41 bits per heavy atom. The fourth-order valence-corrected chi connectivity index (χ4v) is 2.14. The molecule has 0 heterocycles. The van der Waals surface area contributed by atoms with Gasteiger partial charge in [-0.25, -0.2) is 0 Å². The highest BCUT2D eigenvalue weighted by Crippen LogP contribution is 2.28. The Morgan fingerprint density at radius 3 is 2.09 bits per heavy atom. The number of nitrogens with zero attached hydrogens (tertiary/aromatic N) is 1. The summed E-state index contributed by atoms with van der Waals surface area (Å²) in [5, 5.41) is 10.7. The molecule has 0 aliphatic heterocycles. The Morgan fingerprint density at radius 1 is 0.727 bits per heavy atom. The summed E-state index contributed by atoms with van der Waals surface area (Å²) in [6.45, 7) is 0. The molecule has 0 bridgehead atoms. The first-order chi connectivity index (χ1) is 10.7. The summed E-state index contributed by atoms with van der Waals surface area (Å²) in [4.78, 5) is 10.3. The maximum atomic E-state index is 10.7. The summed E-state index contributed by atoms with van der Waals surface area (Å²) in [6.07, 6.45) is 0. The van der Waals surface area contributed by atoms with Crippen molar-refractivity contribution in [2.24, 2.45) is 0 Å². The van der Waals surface area contributed by atoms with Crippen LogP contribution in [0.1, 0.15) is 0 Å². The van der Waals surface area contributed by atoms with Crippen molar-refractivity contribution in [3.63, 3.8) is 0 Å². The van der Waals surface area contributed by atoms with Gasteiger partial charge in [-0.05, 0) is 47.5 Å². The molecule has 0 unspecified atom stereocenters. The molecule has 0 N–H and O–H groups in total. The van der Waals surface area contributed by atoms with Crippen LogP contribution < -0.4 is 4.74 Å². The van der Waals surface area contributed by atoms with Gasteiger partial charge in [0.25, 0.3) is 5.69 Å². The lowest BCUT2D eigenvalue weighted by molar-refractivity contribution is -0.384. The highest BCUT2D eigenvalue weighted by Gasteiger charge is 2.06. The van der Waals surface area contributed by atoms with E-state index in [2.05, 4.69) is 0 Å². The Balaban J connectivity index is 1.86. The molecule has 4 heteroatoms. The molecule has 0 aliphatic rings. The van der Waals surface area contributed by atoms with Gasteiger partial charge < -0.3 is 4.74 Å². The number of para-hydroxylation sites is 1. The molecule has 3 aromatic rings. The number of nitro groups is 1. The summed E-state index contributed by atoms with van der Waals surface area (Å²) < 4.78 is 5.79. The zero-order chi connectivity index (χ0) is 15.4. The van der Waals surface area contributed by atoms with E-state index in [9.17, 15) is 10.1 Å². The van der Waals surface area contributed by atoms with Crippen molar-refractivity contribution in [1.82, 2.24) is 0 Å². The predicted molar refractivity (Wildman–Crippen MR) is 85.0 cm³/mol. The van der Waals surface area contributed by atoms with Crippen LogP contribution in [-0.4, -0.2) is 4.92 Å². The largest absolute Gasteiger partial charge is 0.457 e. The summed E-state index contributed by atoms with van der Waals surface area (Å²) in [6, 6.07) is 23.6. The van der Waals surface area contributed by atoms with E-state index in [0.29, 0.717) is 0 Å². The van der Waals surface area contributed by atoms with Crippen molar-refractivity contribution in [2.45, 2.75) is 0 Å². The third-order valence-electron chi connectivity index (χ3n) is 3.22. The number of rotatable bonds is 4. The summed E-state index contributed by atoms with van der Waals surface area (Å²) in [7, 11) is 0. The third-order valence-corrected chi connectivity index (χ3v) is 3.22. The van der Waals surface area contributed by atoms with Gasteiger partial charge in [-0.2, -0.15) is 0 Å². The van der Waals surface area contributed by atoms with Crippen molar-refractivity contribution in [3.8, 4) is 22.6 Å². The van der Waals surface area contributed by atoms with E-state index < -0.39 is 4.92 Å². The van der Waals surface area contributed by atoms with Crippen LogP contribution in [0.25, 0.3) is 11.1 Å². The average Bonchev–Trinajstić information content (AvgIpc) is 2.56. The van der Waals surface area contributed by atoms with E-state index in [1.165, 1.54) is 12.1 Å². The molecule has 22 heavy (non-hydrogen) atoms. The highest BCUT2D eigenvalue weighted by molar-refractivity contribution is 5.66. The minimum Gasteiger partial charge on any atom is -0.457 e. The summed E-state index contributed by atoms with van der Waals surface area (Å²) in [5.74, 6) is 1.49. The second-order valence-corrected chi connectivity index (χ2v) is 4.75. The molecule has 0 aromatic heterocycles. The predicted octanol–water partition coefficient (Wildman–Crippen LogP) is 5.05. The molecule has 3 aromatic carbocycles. The van der Waals surface area contributed by atoms with Gasteiger partial charge in [0, 0.05) is 12.1 Å². The van der Waals surface area contributed by atoms with Crippen LogP contribution in [0, 0.1) is 10.1 Å². The molecule has 0 saturated carbocycles. The minimum atomic E-state index is -0.404. The van der Waals surface area contributed by atoms with Crippen LogP contribution in [0.2, 0.25) is 0 Å². The molecule has 0 atom stereocenters. The van der Waals surface area contributed by atoms with Gasteiger partial charge in [-0.3, -0.25) is 10.1 Å². The molecule has 108 valence electrons. The van der Waals surface area contributed by atoms with Crippen molar-refractivity contribution in [3.05, 3.63) is 89.0 Å². The van der Waals surface area contributed by atoms with Crippen LogP contribution in [0.15, 0.2) is 78.9 Å². The van der Waals surface area contributed by atoms with E-state index in [1.54, 1.807) is 12.1 Å². The standard InChI is InChI=1S/C18H13NO3/c20-19(21)16-11-9-14(10-12-16)15-5-4-8-18(13-15)22-17-6-2-1-3-7-17/h1-13H. The first-order valence-electron chi connectivity index (χ1n) is 6.80. The number of nitro benzene ring substituents is 1. The molecule has 4 nitrogen and oxygen atoms in total. The van der Waals surface area contributed by atoms with E-state index in [4.69, 9.17) is 4.74 Å². The lowest BCUT2D eigenvalue weighted by Crippen LogP contribution is -1.88. The van der Waals surface area contributed by atoms with Gasteiger partial charge >= 0.3 is 0 Å². The van der Waals surface area contributed by atoms with Crippen LogP contribution in [0.5, 0.6) is 11.5 Å². The van der Waals surface area contributed by atoms with E-state index in [-0.39, 0.29) is 5.69 Å². The maximum absolute atomic E-state index is 10.7. The zero-order valence-electron chi connectivity index (χ0n) is 11.7. The first kappa shape index (κ1) is 13.8. The topological polar surface area (TPSA) is 52.4 Å². The lowest BCUT2D eigenvalue weighted by Gasteiger charge is -2.07. The van der Waals surface area contributed by atoms with Gasteiger partial charge in [-0.1, -0.05) is 30.3 Å². The average molecular weight is 291 g/mol. The normalized spacial score (nSPS) is 10.2. The van der Waals surface area contributed by atoms with E-state index in [1.807, 2.05) is 54.6 Å². The SMILES string of the molecule is O=[N+]([O-])c1ccc(-c2cccc(Oc3ccccc3)c2)cc1. The number of non-ortho nitro benzene ring substituents is 1. The molecule has 0 fully saturated rings. The Labute approximate surface area is 127 Å². The lowest BCUT2D eigenvalue weighted by atomic mass is 10.1. The van der Waals surface area contributed by atoms with Crippen molar-refractivity contribution >= 4 is 5.69 Å². The Bertz CT molecular complexity index is 783. The number of hydrogen-bond donors (Lipinski definition) is 0. The zero-order valence-corrected chi connectivity index (χ0v) is 11.7. The second kappa shape index (κ2) is 6.10. The smallest absolute Gasteiger partial charge is 0.269 e. The van der Waals surface area contributed by atoms with Gasteiger partial charge in [0.05, 0.1) is 4.92 Å². The fourth-order valence-electron chi connectivity index (χ4n) is 2.14. The number of hydrogen-bond acceptors (Lipinski definition) is 3. The molecule has 0 amide bonds. The minimum absolute atomic E-state index is 0.0837. The second-order valence-electron chi connectivity index (χ2n) is 4.75. The Kier molecular flexibility index (Phi) is 3.83. The number of ether oxygens (including phenoxy) is 1. The van der Waals surface area contributed by atoms with Gasteiger partial charge in [0.1, 0.15) is 11.5 Å². The first-order valence-corrected chi connectivity index (χ1v) is 6.80. The van der Waals surface area contributed by atoms with E-state index in [0.717, 1.165) is 22.6 Å². The van der Waals surface area contributed by atoms with Gasteiger partial charge in [0.15, 0.2) is 0 Å². The molecule has 0 spiro atoms. The maximum Gasteiger partial charge on any atom is 0.269 e. The molecule has 3 rings (SSSR count). The summed E-state index contributed by atoms with van der Waals surface area (Å²) >= 11 is 0. The molecule has 0 saturated heterocycles. The van der Waals surface area contributed by atoms with Gasteiger partial charge in [0.2, 0.25) is 0 Å². The molecular weight excluding hydrogens is 278 g/mol. The van der Waals surface area contributed by atoms with Crippen LogP contribution in [-0.2, 0) is 0 Å². The monoisotopic (exact) mass is 291 g/mol. The Hall–Kier alpha value is -3.14.